The fourth-order valence-corrected chi connectivity index (χ4v) is 3.80. The Morgan fingerprint density at radius 2 is 2.09 bits per heavy atom. The maximum Gasteiger partial charge on any atom is 0.231 e. The number of amides is 1. The summed E-state index contributed by atoms with van der Waals surface area (Å²) in [5.41, 5.74) is 0.370. The minimum absolute atomic E-state index is 0.0950. The van der Waals surface area contributed by atoms with Gasteiger partial charge in [-0.15, -0.1) is 0 Å². The first-order valence-corrected chi connectivity index (χ1v) is 8.45. The number of halogens is 1. The van der Waals surface area contributed by atoms with E-state index in [0.717, 1.165) is 31.5 Å². The van der Waals surface area contributed by atoms with E-state index in [9.17, 15) is 4.79 Å². The molecule has 3 rings (SSSR count). The quantitative estimate of drug-likeness (QED) is 0.897. The lowest BCUT2D eigenvalue weighted by atomic mass is 9.73. The first-order valence-electron chi connectivity index (χ1n) is 8.07. The van der Waals surface area contributed by atoms with Gasteiger partial charge < -0.3 is 15.4 Å². The molecule has 4 nitrogen and oxygen atoms in total. The molecule has 1 aromatic carbocycles. The first kappa shape index (κ1) is 15.8. The molecule has 2 N–H and O–H groups in total. The van der Waals surface area contributed by atoms with Crippen LogP contribution in [0.1, 0.15) is 31.2 Å². The third-order valence-corrected chi connectivity index (χ3v) is 5.13. The molecule has 1 atom stereocenters. The van der Waals surface area contributed by atoms with Crippen LogP contribution in [0.2, 0.25) is 5.02 Å². The lowest BCUT2D eigenvalue weighted by Gasteiger charge is -2.38. The third kappa shape index (κ3) is 3.14. The van der Waals surface area contributed by atoms with Crippen molar-refractivity contribution >= 4 is 17.5 Å². The topological polar surface area (TPSA) is 50.4 Å². The summed E-state index contributed by atoms with van der Waals surface area (Å²) in [6.45, 7) is 3.08. The summed E-state index contributed by atoms with van der Waals surface area (Å²) in [5.74, 6) is 0.0950. The van der Waals surface area contributed by atoms with E-state index in [1.54, 1.807) is 0 Å². The van der Waals surface area contributed by atoms with Crippen LogP contribution < -0.4 is 10.6 Å². The second-order valence-corrected chi connectivity index (χ2v) is 6.60. The molecule has 2 aliphatic rings. The summed E-state index contributed by atoms with van der Waals surface area (Å²) in [7, 11) is 0. The number of carbonyl (C=O) groups excluding carboxylic acids is 1. The van der Waals surface area contributed by atoms with Crippen molar-refractivity contribution in [1.82, 2.24) is 10.6 Å². The molecule has 2 aliphatic heterocycles. The van der Waals surface area contributed by atoms with Gasteiger partial charge in [0.25, 0.3) is 0 Å². The summed E-state index contributed by atoms with van der Waals surface area (Å²) in [6, 6.07) is 7.91. The fraction of sp³-hybridized carbons (Fsp3) is 0.588. The van der Waals surface area contributed by atoms with Gasteiger partial charge in [-0.2, -0.15) is 0 Å². The minimum atomic E-state index is -0.561. The highest BCUT2D eigenvalue weighted by Gasteiger charge is 2.43. The summed E-state index contributed by atoms with van der Waals surface area (Å²) in [5, 5.41) is 7.25. The Hall–Kier alpha value is -1.10. The number of benzene rings is 1. The van der Waals surface area contributed by atoms with Crippen LogP contribution >= 0.6 is 11.6 Å². The highest BCUT2D eigenvalue weighted by atomic mass is 35.5. The number of nitrogens with one attached hydrogen (secondary N) is 2. The Kier molecular flexibility index (Phi) is 5.01. The van der Waals surface area contributed by atoms with Crippen LogP contribution in [-0.4, -0.2) is 38.3 Å². The van der Waals surface area contributed by atoms with Crippen LogP contribution in [-0.2, 0) is 14.9 Å². The van der Waals surface area contributed by atoms with Crippen LogP contribution in [0.4, 0.5) is 0 Å². The van der Waals surface area contributed by atoms with Gasteiger partial charge in [-0.1, -0.05) is 29.8 Å². The molecule has 0 aromatic heterocycles. The van der Waals surface area contributed by atoms with Gasteiger partial charge in [0.1, 0.15) is 0 Å². The fourth-order valence-electron chi connectivity index (χ4n) is 3.49. The molecule has 5 heteroatoms. The van der Waals surface area contributed by atoms with Crippen molar-refractivity contribution in [3.8, 4) is 0 Å². The Morgan fingerprint density at radius 1 is 1.32 bits per heavy atom. The number of hydrogen-bond acceptors (Lipinski definition) is 3. The monoisotopic (exact) mass is 322 g/mol. The predicted octanol–water partition coefficient (Wildman–Crippen LogP) is 2.26. The third-order valence-electron chi connectivity index (χ3n) is 4.80. The van der Waals surface area contributed by atoms with Gasteiger partial charge in [0.15, 0.2) is 0 Å². The molecule has 2 heterocycles. The second kappa shape index (κ2) is 6.99. The van der Waals surface area contributed by atoms with Crippen molar-refractivity contribution in [3.63, 3.8) is 0 Å². The molecule has 1 unspecified atom stereocenters. The summed E-state index contributed by atoms with van der Waals surface area (Å²) in [6.07, 6.45) is 3.51. The molecular formula is C17H23ClN2O2. The second-order valence-electron chi connectivity index (χ2n) is 6.19. The van der Waals surface area contributed by atoms with E-state index >= 15 is 0 Å². The number of carbonyl (C=O) groups is 1. The smallest absolute Gasteiger partial charge is 0.231 e. The molecule has 0 aliphatic carbocycles. The largest absolute Gasteiger partial charge is 0.381 e. The van der Waals surface area contributed by atoms with E-state index in [4.69, 9.17) is 16.3 Å². The van der Waals surface area contributed by atoms with Gasteiger partial charge in [-0.3, -0.25) is 4.79 Å². The number of ether oxygens (including phenoxy) is 1. The van der Waals surface area contributed by atoms with E-state index in [-0.39, 0.29) is 11.9 Å². The van der Waals surface area contributed by atoms with Crippen molar-refractivity contribution in [2.24, 2.45) is 0 Å². The van der Waals surface area contributed by atoms with Crippen molar-refractivity contribution < 1.29 is 9.53 Å². The van der Waals surface area contributed by atoms with E-state index in [0.29, 0.717) is 31.1 Å². The van der Waals surface area contributed by atoms with Crippen LogP contribution in [0, 0.1) is 0 Å². The van der Waals surface area contributed by atoms with Crippen LogP contribution in [0.25, 0.3) is 0 Å². The van der Waals surface area contributed by atoms with Gasteiger partial charge in [-0.05, 0) is 43.9 Å². The van der Waals surface area contributed by atoms with Gasteiger partial charge in [-0.25, -0.2) is 0 Å². The summed E-state index contributed by atoms with van der Waals surface area (Å²) >= 11 is 6.40. The molecule has 0 saturated carbocycles. The molecule has 2 fully saturated rings. The number of piperidine rings is 1. The molecule has 120 valence electrons. The van der Waals surface area contributed by atoms with Crippen molar-refractivity contribution in [2.75, 3.05) is 26.3 Å². The molecule has 22 heavy (non-hydrogen) atoms. The Morgan fingerprint density at radius 3 is 2.77 bits per heavy atom. The molecule has 0 radical (unpaired) electrons. The number of hydrogen-bond donors (Lipinski definition) is 2. The van der Waals surface area contributed by atoms with Crippen molar-refractivity contribution in [1.29, 1.82) is 0 Å². The lowest BCUT2D eigenvalue weighted by molar-refractivity contribution is -0.131. The summed E-state index contributed by atoms with van der Waals surface area (Å²) < 4.78 is 5.49. The highest BCUT2D eigenvalue weighted by Crippen LogP contribution is 2.39. The van der Waals surface area contributed by atoms with Gasteiger partial charge >= 0.3 is 0 Å². The first-order chi connectivity index (χ1) is 10.7. The maximum atomic E-state index is 13.1. The zero-order valence-corrected chi connectivity index (χ0v) is 13.5. The SMILES string of the molecule is O=C(NC1CCCNC1)C1(c2ccccc2Cl)CCOCC1. The molecule has 2 saturated heterocycles. The predicted molar refractivity (Wildman–Crippen MR) is 87.2 cm³/mol. The van der Waals surface area contributed by atoms with Crippen LogP contribution in [0.3, 0.4) is 0 Å². The standard InChI is InChI=1S/C17H23ClN2O2/c18-15-6-2-1-5-14(15)17(7-10-22-11-8-17)16(21)20-13-4-3-9-19-12-13/h1-2,5-6,13,19H,3-4,7-12H2,(H,20,21). The highest BCUT2D eigenvalue weighted by molar-refractivity contribution is 6.31. The van der Waals surface area contributed by atoms with E-state index in [2.05, 4.69) is 10.6 Å². The number of rotatable bonds is 3. The average Bonchev–Trinajstić information content (AvgIpc) is 2.57. The molecule has 0 bridgehead atoms. The van der Waals surface area contributed by atoms with Gasteiger partial charge in [0, 0.05) is 30.8 Å². The van der Waals surface area contributed by atoms with Gasteiger partial charge in [0.05, 0.1) is 5.41 Å². The zero-order valence-electron chi connectivity index (χ0n) is 12.7. The Bertz CT molecular complexity index is 523. The Balaban J connectivity index is 1.85. The summed E-state index contributed by atoms with van der Waals surface area (Å²) in [4.78, 5) is 13.1. The normalized spacial score (nSPS) is 24.7. The molecule has 0 spiro atoms. The zero-order chi connectivity index (χ0) is 15.4. The minimum Gasteiger partial charge on any atom is -0.381 e. The van der Waals surface area contributed by atoms with E-state index in [1.165, 1.54) is 0 Å². The van der Waals surface area contributed by atoms with Crippen LogP contribution in [0.15, 0.2) is 24.3 Å². The Labute approximate surface area is 136 Å². The molecule has 1 aromatic rings. The molecule has 1 amide bonds. The van der Waals surface area contributed by atoms with Crippen molar-refractivity contribution in [3.05, 3.63) is 34.9 Å². The molecular weight excluding hydrogens is 300 g/mol. The lowest BCUT2D eigenvalue weighted by Crippen LogP contribution is -2.54. The van der Waals surface area contributed by atoms with Gasteiger partial charge in [0.2, 0.25) is 5.91 Å². The van der Waals surface area contributed by atoms with Crippen molar-refractivity contribution in [2.45, 2.75) is 37.1 Å². The van der Waals surface area contributed by atoms with Crippen LogP contribution in [0.5, 0.6) is 0 Å². The average molecular weight is 323 g/mol. The van der Waals surface area contributed by atoms with E-state index < -0.39 is 5.41 Å². The maximum absolute atomic E-state index is 13.1. The van der Waals surface area contributed by atoms with E-state index in [1.807, 2.05) is 24.3 Å².